The summed E-state index contributed by atoms with van der Waals surface area (Å²) in [5.41, 5.74) is 0.924. The van der Waals surface area contributed by atoms with Crippen molar-refractivity contribution in [3.05, 3.63) is 28.7 Å². The van der Waals surface area contributed by atoms with Gasteiger partial charge in [-0.3, -0.25) is 4.79 Å². The molecule has 0 amide bonds. The number of halogens is 1. The van der Waals surface area contributed by atoms with Crippen molar-refractivity contribution in [3.63, 3.8) is 0 Å². The summed E-state index contributed by atoms with van der Waals surface area (Å²) in [5, 5.41) is 11.7. The average Bonchev–Trinajstić information content (AvgIpc) is 2.14. The molecule has 2 N–H and O–H groups in total. The zero-order valence-electron chi connectivity index (χ0n) is 7.83. The van der Waals surface area contributed by atoms with Gasteiger partial charge < -0.3 is 10.4 Å². The van der Waals surface area contributed by atoms with E-state index in [0.717, 1.165) is 10.2 Å². The Morgan fingerprint density at radius 3 is 2.93 bits per heavy atom. The Morgan fingerprint density at radius 2 is 2.36 bits per heavy atom. The molecule has 3 nitrogen and oxygen atoms in total. The molecule has 0 aromatic heterocycles. The van der Waals surface area contributed by atoms with Crippen molar-refractivity contribution in [3.8, 4) is 0 Å². The Morgan fingerprint density at radius 1 is 1.64 bits per heavy atom. The molecule has 0 saturated carbocycles. The molecule has 0 aliphatic carbocycles. The maximum atomic E-state index is 10.5. The summed E-state index contributed by atoms with van der Waals surface area (Å²) in [6.45, 7) is 2.11. The Hall–Kier alpha value is -1.03. The maximum absolute atomic E-state index is 10.5. The molecule has 1 rings (SSSR count). The molecule has 1 aromatic carbocycles. The highest BCUT2D eigenvalue weighted by Gasteiger charge is 2.09. The van der Waals surface area contributed by atoms with Crippen molar-refractivity contribution >= 4 is 27.6 Å². The molecule has 0 heterocycles. The Bertz CT molecular complexity index is 328. The minimum absolute atomic E-state index is 0.381. The van der Waals surface area contributed by atoms with E-state index in [0.29, 0.717) is 6.54 Å². The van der Waals surface area contributed by atoms with Gasteiger partial charge in [-0.05, 0) is 18.2 Å². The third kappa shape index (κ3) is 3.38. The fourth-order valence-electron chi connectivity index (χ4n) is 0.957. The van der Waals surface area contributed by atoms with Crippen LogP contribution in [0.1, 0.15) is 6.92 Å². The molecule has 0 fully saturated rings. The van der Waals surface area contributed by atoms with Gasteiger partial charge in [-0.2, -0.15) is 0 Å². The lowest BCUT2D eigenvalue weighted by Crippen LogP contribution is -2.19. The third-order valence-corrected chi connectivity index (χ3v) is 2.35. The second-order valence-corrected chi connectivity index (χ2v) is 4.05. The molecule has 76 valence electrons. The van der Waals surface area contributed by atoms with Gasteiger partial charge in [0.2, 0.25) is 0 Å². The van der Waals surface area contributed by atoms with Crippen LogP contribution in [0, 0.1) is 5.92 Å². The summed E-state index contributed by atoms with van der Waals surface area (Å²) in [6, 6.07) is 7.64. The number of rotatable bonds is 4. The van der Waals surface area contributed by atoms with Crippen LogP contribution in [0.25, 0.3) is 0 Å². The quantitative estimate of drug-likeness (QED) is 0.872. The number of hydrogen-bond acceptors (Lipinski definition) is 2. The lowest BCUT2D eigenvalue weighted by Gasteiger charge is -2.09. The summed E-state index contributed by atoms with van der Waals surface area (Å²) >= 11 is 3.34. The first-order valence-corrected chi connectivity index (χ1v) is 5.11. The number of carboxylic acid groups (broad SMARTS) is 1. The number of carbonyl (C=O) groups is 1. The third-order valence-electron chi connectivity index (χ3n) is 1.86. The van der Waals surface area contributed by atoms with Crippen molar-refractivity contribution in [2.45, 2.75) is 6.92 Å². The molecular formula is C10H12BrNO2. The lowest BCUT2D eigenvalue weighted by molar-refractivity contribution is -0.140. The SMILES string of the molecule is CC(CNc1cccc(Br)c1)C(=O)O. The van der Waals surface area contributed by atoms with Gasteiger partial charge in [0.25, 0.3) is 0 Å². The monoisotopic (exact) mass is 257 g/mol. The molecule has 1 aromatic rings. The molecule has 0 spiro atoms. The van der Waals surface area contributed by atoms with Gasteiger partial charge in [0, 0.05) is 16.7 Å². The molecule has 0 saturated heterocycles. The maximum Gasteiger partial charge on any atom is 0.308 e. The van der Waals surface area contributed by atoms with Crippen molar-refractivity contribution in [1.29, 1.82) is 0 Å². The number of hydrogen-bond donors (Lipinski definition) is 2. The fraction of sp³-hybridized carbons (Fsp3) is 0.300. The summed E-state index contributed by atoms with van der Waals surface area (Å²) in [7, 11) is 0. The largest absolute Gasteiger partial charge is 0.481 e. The zero-order valence-corrected chi connectivity index (χ0v) is 9.41. The van der Waals surface area contributed by atoms with Crippen LogP contribution >= 0.6 is 15.9 Å². The molecule has 1 atom stereocenters. The minimum Gasteiger partial charge on any atom is -0.481 e. The number of anilines is 1. The highest BCUT2D eigenvalue weighted by Crippen LogP contribution is 2.15. The standard InChI is InChI=1S/C10H12BrNO2/c1-7(10(13)14)6-12-9-4-2-3-8(11)5-9/h2-5,7,12H,6H2,1H3,(H,13,14). The van der Waals surface area contributed by atoms with E-state index in [1.807, 2.05) is 24.3 Å². The Kier molecular flexibility index (Phi) is 3.95. The van der Waals surface area contributed by atoms with E-state index in [1.54, 1.807) is 6.92 Å². The van der Waals surface area contributed by atoms with E-state index in [9.17, 15) is 4.79 Å². The first-order chi connectivity index (χ1) is 6.59. The predicted octanol–water partition coefficient (Wildman–Crippen LogP) is 2.58. The van der Waals surface area contributed by atoms with E-state index in [-0.39, 0.29) is 5.92 Å². The van der Waals surface area contributed by atoms with Crippen LogP contribution in [0.5, 0.6) is 0 Å². The van der Waals surface area contributed by atoms with Gasteiger partial charge in [-0.15, -0.1) is 0 Å². The van der Waals surface area contributed by atoms with E-state index in [1.165, 1.54) is 0 Å². The molecule has 1 unspecified atom stereocenters. The fourth-order valence-corrected chi connectivity index (χ4v) is 1.36. The minimum atomic E-state index is -0.785. The van der Waals surface area contributed by atoms with Gasteiger partial charge in [0.05, 0.1) is 5.92 Å². The normalized spacial score (nSPS) is 12.1. The molecule has 4 heteroatoms. The van der Waals surface area contributed by atoms with E-state index in [4.69, 9.17) is 5.11 Å². The van der Waals surface area contributed by atoms with Gasteiger partial charge in [0.15, 0.2) is 0 Å². The van der Waals surface area contributed by atoms with Crippen molar-refractivity contribution in [2.75, 3.05) is 11.9 Å². The zero-order chi connectivity index (χ0) is 10.6. The predicted molar refractivity (Wildman–Crippen MR) is 59.4 cm³/mol. The number of carboxylic acids is 1. The summed E-state index contributed by atoms with van der Waals surface area (Å²) in [6.07, 6.45) is 0. The van der Waals surface area contributed by atoms with E-state index in [2.05, 4.69) is 21.2 Å². The first kappa shape index (κ1) is 11.0. The highest BCUT2D eigenvalue weighted by molar-refractivity contribution is 9.10. The van der Waals surface area contributed by atoms with Crippen LogP contribution < -0.4 is 5.32 Å². The van der Waals surface area contributed by atoms with Gasteiger partial charge in [-0.25, -0.2) is 0 Å². The lowest BCUT2D eigenvalue weighted by atomic mass is 10.2. The van der Waals surface area contributed by atoms with Crippen molar-refractivity contribution < 1.29 is 9.90 Å². The molecule has 14 heavy (non-hydrogen) atoms. The smallest absolute Gasteiger partial charge is 0.308 e. The summed E-state index contributed by atoms with van der Waals surface area (Å²) < 4.78 is 0.977. The Balaban J connectivity index is 2.49. The summed E-state index contributed by atoms with van der Waals surface area (Å²) in [5.74, 6) is -1.17. The second-order valence-electron chi connectivity index (χ2n) is 3.13. The molecule has 0 aliphatic rings. The first-order valence-electron chi connectivity index (χ1n) is 4.32. The average molecular weight is 258 g/mol. The number of nitrogens with one attached hydrogen (secondary N) is 1. The van der Waals surface area contributed by atoms with Gasteiger partial charge in [0.1, 0.15) is 0 Å². The van der Waals surface area contributed by atoms with Crippen LogP contribution in [0.15, 0.2) is 28.7 Å². The van der Waals surface area contributed by atoms with E-state index < -0.39 is 5.97 Å². The van der Waals surface area contributed by atoms with Crippen molar-refractivity contribution in [2.24, 2.45) is 5.92 Å². The van der Waals surface area contributed by atoms with Crippen LogP contribution in [0.2, 0.25) is 0 Å². The molecule has 0 radical (unpaired) electrons. The van der Waals surface area contributed by atoms with Crippen molar-refractivity contribution in [1.82, 2.24) is 0 Å². The molecular weight excluding hydrogens is 246 g/mol. The Labute approximate surface area is 91.3 Å². The second kappa shape index (κ2) is 5.00. The van der Waals surface area contributed by atoms with Crippen LogP contribution in [-0.2, 0) is 4.79 Å². The highest BCUT2D eigenvalue weighted by atomic mass is 79.9. The molecule has 0 aliphatic heterocycles. The van der Waals surface area contributed by atoms with Gasteiger partial charge in [-0.1, -0.05) is 28.9 Å². The van der Waals surface area contributed by atoms with Gasteiger partial charge >= 0.3 is 5.97 Å². The number of benzene rings is 1. The van der Waals surface area contributed by atoms with Crippen LogP contribution in [-0.4, -0.2) is 17.6 Å². The number of aliphatic carboxylic acids is 1. The van der Waals surface area contributed by atoms with E-state index >= 15 is 0 Å². The molecule has 0 bridgehead atoms. The topological polar surface area (TPSA) is 49.3 Å². The summed E-state index contributed by atoms with van der Waals surface area (Å²) in [4.78, 5) is 10.5. The van der Waals surface area contributed by atoms with Crippen LogP contribution in [0.4, 0.5) is 5.69 Å². The van der Waals surface area contributed by atoms with Crippen LogP contribution in [0.3, 0.4) is 0 Å².